The minimum atomic E-state index is -0.215. The average molecular weight is 354 g/mol. The molecule has 0 aliphatic carbocycles. The van der Waals surface area contributed by atoms with Gasteiger partial charge in [0.2, 0.25) is 0 Å². The number of carbonyl (C=O) groups excluding carboxylic acids is 1. The molecule has 2 aliphatic heterocycles. The minimum Gasteiger partial charge on any atom is -0.508 e. The van der Waals surface area contributed by atoms with E-state index >= 15 is 0 Å². The Morgan fingerprint density at radius 3 is 3.12 bits per heavy atom. The lowest BCUT2D eigenvalue weighted by molar-refractivity contribution is -0.141. The molecule has 3 heterocycles. The standard InChI is InChI=1S/C21H26N2O3/c1-3-14-12-23-8-6-17-18-11-16(25)4-5-19(18)22-21(17)20(23)10-15(14)7-9-26-13(2)24/h3-5,11,14-15,20,22,25H,1,6-10,12H2,2H3/t14-,15-,20-/m0/s1. The summed E-state index contributed by atoms with van der Waals surface area (Å²) in [5.74, 6) is 0.986. The molecule has 0 amide bonds. The number of phenols is 1. The van der Waals surface area contributed by atoms with E-state index in [-0.39, 0.29) is 5.97 Å². The summed E-state index contributed by atoms with van der Waals surface area (Å²) in [6.07, 6.45) is 4.96. The zero-order valence-corrected chi connectivity index (χ0v) is 15.2. The summed E-state index contributed by atoms with van der Waals surface area (Å²) in [6, 6.07) is 5.92. The Balaban J connectivity index is 1.61. The van der Waals surface area contributed by atoms with Gasteiger partial charge in [0.05, 0.1) is 12.6 Å². The highest BCUT2D eigenvalue weighted by Crippen LogP contribution is 2.44. The Morgan fingerprint density at radius 1 is 1.50 bits per heavy atom. The van der Waals surface area contributed by atoms with Crippen LogP contribution in [-0.4, -0.2) is 40.7 Å². The number of rotatable bonds is 4. The van der Waals surface area contributed by atoms with Crippen molar-refractivity contribution in [2.24, 2.45) is 11.8 Å². The van der Waals surface area contributed by atoms with Crippen LogP contribution in [0.15, 0.2) is 30.9 Å². The van der Waals surface area contributed by atoms with Crippen molar-refractivity contribution in [1.82, 2.24) is 9.88 Å². The molecule has 1 fully saturated rings. The number of aromatic amines is 1. The highest BCUT2D eigenvalue weighted by molar-refractivity contribution is 5.86. The van der Waals surface area contributed by atoms with E-state index in [9.17, 15) is 9.90 Å². The van der Waals surface area contributed by atoms with Gasteiger partial charge in [-0.1, -0.05) is 6.08 Å². The topological polar surface area (TPSA) is 65.6 Å². The van der Waals surface area contributed by atoms with Crippen LogP contribution in [0.5, 0.6) is 5.75 Å². The van der Waals surface area contributed by atoms with Crippen LogP contribution in [-0.2, 0) is 16.0 Å². The van der Waals surface area contributed by atoms with E-state index in [4.69, 9.17) is 4.74 Å². The van der Waals surface area contributed by atoms with Crippen molar-refractivity contribution < 1.29 is 14.6 Å². The van der Waals surface area contributed by atoms with Gasteiger partial charge >= 0.3 is 5.97 Å². The number of nitrogens with one attached hydrogen (secondary N) is 1. The van der Waals surface area contributed by atoms with Gasteiger partial charge in [-0.05, 0) is 54.9 Å². The lowest BCUT2D eigenvalue weighted by Crippen LogP contribution is -2.45. The number of aromatic hydroxyl groups is 1. The molecular weight excluding hydrogens is 328 g/mol. The summed E-state index contributed by atoms with van der Waals surface area (Å²) in [5.41, 5.74) is 3.72. The molecule has 0 radical (unpaired) electrons. The molecule has 5 nitrogen and oxygen atoms in total. The van der Waals surface area contributed by atoms with Crippen LogP contribution in [0.1, 0.15) is 37.1 Å². The van der Waals surface area contributed by atoms with E-state index < -0.39 is 0 Å². The normalized spacial score (nSPS) is 25.5. The van der Waals surface area contributed by atoms with Crippen molar-refractivity contribution in [2.75, 3.05) is 19.7 Å². The molecule has 1 aromatic heterocycles. The molecule has 1 saturated heterocycles. The number of aromatic nitrogens is 1. The van der Waals surface area contributed by atoms with Gasteiger partial charge in [-0.2, -0.15) is 0 Å². The second-order valence-corrected chi connectivity index (χ2v) is 7.53. The first-order valence-corrected chi connectivity index (χ1v) is 9.40. The van der Waals surface area contributed by atoms with E-state index in [0.717, 1.165) is 43.3 Å². The Hall–Kier alpha value is -2.27. The molecule has 0 spiro atoms. The number of nitrogens with zero attached hydrogens (tertiary/aromatic N) is 1. The summed E-state index contributed by atoms with van der Waals surface area (Å²) in [4.78, 5) is 17.2. The Kier molecular flexibility index (Phi) is 4.49. The molecule has 138 valence electrons. The highest BCUT2D eigenvalue weighted by atomic mass is 16.5. The third-order valence-electron chi connectivity index (χ3n) is 6.02. The van der Waals surface area contributed by atoms with Gasteiger partial charge in [-0.15, -0.1) is 6.58 Å². The first kappa shape index (κ1) is 17.2. The van der Waals surface area contributed by atoms with E-state index in [0.29, 0.717) is 30.2 Å². The Labute approximate surface area is 153 Å². The number of phenolic OH excluding ortho intramolecular Hbond substituents is 1. The predicted octanol–water partition coefficient (Wildman–Crippen LogP) is 3.55. The summed E-state index contributed by atoms with van der Waals surface area (Å²) in [7, 11) is 0. The molecule has 0 bridgehead atoms. The minimum absolute atomic E-state index is 0.215. The molecule has 1 aromatic carbocycles. The number of H-pyrrole nitrogens is 1. The van der Waals surface area contributed by atoms with Crippen molar-refractivity contribution in [3.8, 4) is 5.75 Å². The molecule has 3 atom stereocenters. The van der Waals surface area contributed by atoms with Gasteiger partial charge in [-0.3, -0.25) is 9.69 Å². The number of hydrogen-bond donors (Lipinski definition) is 2. The molecule has 2 N–H and O–H groups in total. The van der Waals surface area contributed by atoms with Crippen molar-refractivity contribution in [3.63, 3.8) is 0 Å². The highest BCUT2D eigenvalue weighted by Gasteiger charge is 2.39. The first-order chi connectivity index (χ1) is 12.6. The molecule has 4 rings (SSSR count). The molecule has 26 heavy (non-hydrogen) atoms. The van der Waals surface area contributed by atoms with Crippen LogP contribution < -0.4 is 0 Å². The quantitative estimate of drug-likeness (QED) is 0.651. The zero-order chi connectivity index (χ0) is 18.3. The summed E-state index contributed by atoms with van der Waals surface area (Å²) in [6.45, 7) is 8.00. The van der Waals surface area contributed by atoms with Crippen molar-refractivity contribution in [3.05, 3.63) is 42.1 Å². The molecule has 0 unspecified atom stereocenters. The van der Waals surface area contributed by atoms with E-state index in [1.165, 1.54) is 18.2 Å². The Morgan fingerprint density at radius 2 is 2.35 bits per heavy atom. The SMILES string of the molecule is C=C[C@H]1CN2CCc3c([nH]c4ccc(O)cc34)[C@@H]2C[C@@H]1CCOC(C)=O. The number of fused-ring (bicyclic) bond motifs is 5. The lowest BCUT2D eigenvalue weighted by Gasteiger charge is -2.45. The molecule has 2 aliphatic rings. The second kappa shape index (κ2) is 6.80. The average Bonchev–Trinajstić information content (AvgIpc) is 2.99. The van der Waals surface area contributed by atoms with Gasteiger partial charge in [-0.25, -0.2) is 0 Å². The van der Waals surface area contributed by atoms with Gasteiger partial charge in [0.1, 0.15) is 5.75 Å². The molecular formula is C21H26N2O3. The van der Waals surface area contributed by atoms with E-state index in [1.807, 2.05) is 12.1 Å². The fraction of sp³-hybridized carbons (Fsp3) is 0.476. The Bertz CT molecular complexity index is 841. The van der Waals surface area contributed by atoms with Crippen LogP contribution in [0.4, 0.5) is 0 Å². The fourth-order valence-corrected chi connectivity index (χ4v) is 4.72. The van der Waals surface area contributed by atoms with Crippen LogP contribution in [0.3, 0.4) is 0 Å². The maximum atomic E-state index is 11.1. The van der Waals surface area contributed by atoms with Crippen LogP contribution in [0, 0.1) is 11.8 Å². The summed E-state index contributed by atoms with van der Waals surface area (Å²) < 4.78 is 5.18. The lowest BCUT2D eigenvalue weighted by atomic mass is 9.77. The number of esters is 1. The smallest absolute Gasteiger partial charge is 0.302 e. The molecule has 2 aromatic rings. The summed E-state index contributed by atoms with van der Waals surface area (Å²) >= 11 is 0. The zero-order valence-electron chi connectivity index (χ0n) is 15.2. The second-order valence-electron chi connectivity index (χ2n) is 7.53. The maximum absolute atomic E-state index is 11.1. The number of ether oxygens (including phenoxy) is 1. The largest absolute Gasteiger partial charge is 0.508 e. The summed E-state index contributed by atoms with van der Waals surface area (Å²) in [5, 5.41) is 11.0. The monoisotopic (exact) mass is 354 g/mol. The number of benzene rings is 1. The predicted molar refractivity (Wildman–Crippen MR) is 101 cm³/mol. The van der Waals surface area contributed by atoms with Crippen LogP contribution >= 0.6 is 0 Å². The van der Waals surface area contributed by atoms with Gasteiger partial charge in [0.15, 0.2) is 0 Å². The van der Waals surface area contributed by atoms with Gasteiger partial charge in [0.25, 0.3) is 0 Å². The van der Waals surface area contributed by atoms with Crippen molar-refractivity contribution >= 4 is 16.9 Å². The van der Waals surface area contributed by atoms with Crippen LogP contribution in [0.2, 0.25) is 0 Å². The van der Waals surface area contributed by atoms with Gasteiger partial charge in [0, 0.05) is 36.6 Å². The molecule has 0 saturated carbocycles. The van der Waals surface area contributed by atoms with Crippen molar-refractivity contribution in [1.29, 1.82) is 0 Å². The number of carbonyl (C=O) groups is 1. The van der Waals surface area contributed by atoms with E-state index in [2.05, 4.69) is 22.5 Å². The number of hydrogen-bond acceptors (Lipinski definition) is 4. The van der Waals surface area contributed by atoms with E-state index in [1.54, 1.807) is 6.07 Å². The molecule has 5 heteroatoms. The van der Waals surface area contributed by atoms with Crippen LogP contribution in [0.25, 0.3) is 10.9 Å². The number of piperidine rings is 1. The third-order valence-corrected chi connectivity index (χ3v) is 6.02. The third kappa shape index (κ3) is 3.01. The first-order valence-electron chi connectivity index (χ1n) is 9.40. The fourth-order valence-electron chi connectivity index (χ4n) is 4.72. The van der Waals surface area contributed by atoms with Gasteiger partial charge < -0.3 is 14.8 Å². The maximum Gasteiger partial charge on any atom is 0.302 e. The van der Waals surface area contributed by atoms with Crippen molar-refractivity contribution in [2.45, 2.75) is 32.2 Å².